The third kappa shape index (κ3) is 4.84. The van der Waals surface area contributed by atoms with E-state index in [0.717, 1.165) is 24.9 Å². The second-order valence-electron chi connectivity index (χ2n) is 6.10. The molecule has 0 amide bonds. The van der Waals surface area contributed by atoms with E-state index in [4.69, 9.17) is 4.74 Å². The van der Waals surface area contributed by atoms with Gasteiger partial charge >= 0.3 is 5.97 Å². The van der Waals surface area contributed by atoms with Gasteiger partial charge in [0.1, 0.15) is 6.33 Å². The molecule has 0 aliphatic heterocycles. The second kappa shape index (κ2) is 8.84. The molecular formula is C20H20N4O3. The molecule has 0 fully saturated rings. The minimum Gasteiger partial charge on any atom is -0.454 e. The summed E-state index contributed by atoms with van der Waals surface area (Å²) in [5.41, 5.74) is 2.82. The van der Waals surface area contributed by atoms with Crippen molar-refractivity contribution in [3.8, 4) is 5.69 Å². The SMILES string of the molecule is CCCCc1ccc(C(=O)COC(=O)c2ccc(-n3cnnn3)cc2)cc1. The first-order valence-corrected chi connectivity index (χ1v) is 8.80. The lowest BCUT2D eigenvalue weighted by Gasteiger charge is -2.06. The lowest BCUT2D eigenvalue weighted by molar-refractivity contribution is 0.0475. The van der Waals surface area contributed by atoms with Crippen LogP contribution in [0.25, 0.3) is 5.69 Å². The lowest BCUT2D eigenvalue weighted by atomic mass is 10.0. The van der Waals surface area contributed by atoms with E-state index in [9.17, 15) is 9.59 Å². The molecule has 0 saturated carbocycles. The highest BCUT2D eigenvalue weighted by Crippen LogP contribution is 2.11. The van der Waals surface area contributed by atoms with Crippen molar-refractivity contribution in [3.05, 3.63) is 71.5 Å². The van der Waals surface area contributed by atoms with Crippen LogP contribution in [0.3, 0.4) is 0 Å². The number of aryl methyl sites for hydroxylation is 1. The van der Waals surface area contributed by atoms with Crippen molar-refractivity contribution in [2.24, 2.45) is 0 Å². The first-order chi connectivity index (χ1) is 13.2. The predicted octanol–water partition coefficient (Wildman–Crippen LogP) is 3.04. The quantitative estimate of drug-likeness (QED) is 0.451. The zero-order chi connectivity index (χ0) is 19.1. The zero-order valence-electron chi connectivity index (χ0n) is 15.0. The van der Waals surface area contributed by atoms with Gasteiger partial charge in [0.15, 0.2) is 12.4 Å². The number of unbranched alkanes of at least 4 members (excludes halogenated alkanes) is 1. The third-order valence-corrected chi connectivity index (χ3v) is 4.15. The van der Waals surface area contributed by atoms with Crippen molar-refractivity contribution in [1.29, 1.82) is 0 Å². The summed E-state index contributed by atoms with van der Waals surface area (Å²) in [7, 11) is 0. The van der Waals surface area contributed by atoms with E-state index in [-0.39, 0.29) is 12.4 Å². The number of carbonyl (C=O) groups excluding carboxylic acids is 2. The first kappa shape index (κ1) is 18.4. The van der Waals surface area contributed by atoms with Crippen molar-refractivity contribution in [2.75, 3.05) is 6.61 Å². The average molecular weight is 364 g/mol. The van der Waals surface area contributed by atoms with Crippen molar-refractivity contribution in [3.63, 3.8) is 0 Å². The van der Waals surface area contributed by atoms with Gasteiger partial charge < -0.3 is 4.74 Å². The molecule has 1 heterocycles. The van der Waals surface area contributed by atoms with Crippen molar-refractivity contribution >= 4 is 11.8 Å². The van der Waals surface area contributed by atoms with Gasteiger partial charge in [0.05, 0.1) is 11.3 Å². The third-order valence-electron chi connectivity index (χ3n) is 4.15. The summed E-state index contributed by atoms with van der Waals surface area (Å²) >= 11 is 0. The molecule has 0 saturated heterocycles. The Morgan fingerprint density at radius 1 is 1.00 bits per heavy atom. The van der Waals surface area contributed by atoms with Crippen LogP contribution in [0.15, 0.2) is 54.9 Å². The number of aromatic nitrogens is 4. The van der Waals surface area contributed by atoms with Gasteiger partial charge in [-0.05, 0) is 53.1 Å². The molecule has 3 rings (SSSR count). The largest absolute Gasteiger partial charge is 0.454 e. The highest BCUT2D eigenvalue weighted by molar-refractivity contribution is 5.99. The van der Waals surface area contributed by atoms with Gasteiger partial charge in [-0.15, -0.1) is 5.10 Å². The summed E-state index contributed by atoms with van der Waals surface area (Å²) in [4.78, 5) is 24.3. The number of hydrogen-bond donors (Lipinski definition) is 0. The molecule has 27 heavy (non-hydrogen) atoms. The van der Waals surface area contributed by atoms with Gasteiger partial charge in [0.25, 0.3) is 0 Å². The van der Waals surface area contributed by atoms with E-state index in [1.807, 2.05) is 12.1 Å². The van der Waals surface area contributed by atoms with Crippen molar-refractivity contribution in [2.45, 2.75) is 26.2 Å². The van der Waals surface area contributed by atoms with E-state index >= 15 is 0 Å². The Morgan fingerprint density at radius 3 is 2.33 bits per heavy atom. The van der Waals surface area contributed by atoms with Crippen LogP contribution in [0.4, 0.5) is 0 Å². The Hall–Kier alpha value is -3.35. The number of Topliss-reactive ketones (excluding diaryl/α,β-unsaturated/α-hetero) is 1. The van der Waals surface area contributed by atoms with Crippen LogP contribution < -0.4 is 0 Å². The number of ether oxygens (including phenoxy) is 1. The van der Waals surface area contributed by atoms with Crippen LogP contribution in [-0.4, -0.2) is 38.6 Å². The Bertz CT molecular complexity index is 888. The minimum atomic E-state index is -0.550. The Morgan fingerprint density at radius 2 is 1.70 bits per heavy atom. The summed E-state index contributed by atoms with van der Waals surface area (Å²) in [5, 5.41) is 10.9. The summed E-state index contributed by atoms with van der Waals surface area (Å²) < 4.78 is 6.61. The summed E-state index contributed by atoms with van der Waals surface area (Å²) in [6, 6.07) is 14.1. The standard InChI is InChI=1S/C20H20N4O3/c1-2-3-4-15-5-7-16(8-6-15)19(25)13-27-20(26)17-9-11-18(12-10-17)24-14-21-22-23-24/h5-12,14H,2-4,13H2,1H3. The summed E-state index contributed by atoms with van der Waals surface area (Å²) in [6.07, 6.45) is 4.71. The van der Waals surface area contributed by atoms with Crippen LogP contribution in [-0.2, 0) is 11.2 Å². The molecule has 0 aliphatic carbocycles. The van der Waals surface area contributed by atoms with Crippen molar-refractivity contribution < 1.29 is 14.3 Å². The number of esters is 1. The molecule has 0 N–H and O–H groups in total. The normalized spacial score (nSPS) is 10.6. The Kier molecular flexibility index (Phi) is 6.04. The van der Waals surface area contributed by atoms with Crippen LogP contribution in [0.2, 0.25) is 0 Å². The second-order valence-corrected chi connectivity index (χ2v) is 6.10. The molecule has 1 aromatic heterocycles. The van der Waals surface area contributed by atoms with Gasteiger partial charge in [-0.25, -0.2) is 9.48 Å². The molecule has 0 bridgehead atoms. The number of nitrogens with zero attached hydrogens (tertiary/aromatic N) is 4. The molecule has 0 atom stereocenters. The van der Waals surface area contributed by atoms with Crippen molar-refractivity contribution in [1.82, 2.24) is 20.2 Å². The maximum absolute atomic E-state index is 12.2. The Labute approximate surface area is 157 Å². The number of ketones is 1. The highest BCUT2D eigenvalue weighted by atomic mass is 16.5. The monoisotopic (exact) mass is 364 g/mol. The summed E-state index contributed by atoms with van der Waals surface area (Å²) in [6.45, 7) is 1.85. The van der Waals surface area contributed by atoms with E-state index in [0.29, 0.717) is 11.1 Å². The zero-order valence-corrected chi connectivity index (χ0v) is 15.0. The smallest absolute Gasteiger partial charge is 0.338 e. The van der Waals surface area contributed by atoms with E-state index in [2.05, 4.69) is 22.4 Å². The van der Waals surface area contributed by atoms with Crippen LogP contribution in [0.1, 0.15) is 46.0 Å². The molecule has 2 aromatic carbocycles. The lowest BCUT2D eigenvalue weighted by Crippen LogP contribution is -2.14. The highest BCUT2D eigenvalue weighted by Gasteiger charge is 2.12. The average Bonchev–Trinajstić information content (AvgIpc) is 3.25. The number of rotatable bonds is 8. The predicted molar refractivity (Wildman–Crippen MR) is 98.8 cm³/mol. The van der Waals surface area contributed by atoms with E-state index < -0.39 is 5.97 Å². The van der Waals surface area contributed by atoms with Crippen LogP contribution in [0, 0.1) is 0 Å². The van der Waals surface area contributed by atoms with E-state index in [1.165, 1.54) is 16.6 Å². The number of benzene rings is 2. The number of carbonyl (C=O) groups is 2. The number of hydrogen-bond acceptors (Lipinski definition) is 6. The maximum Gasteiger partial charge on any atom is 0.338 e. The number of tetrazole rings is 1. The van der Waals surface area contributed by atoms with Gasteiger partial charge in [-0.1, -0.05) is 37.6 Å². The fraction of sp³-hybridized carbons (Fsp3) is 0.250. The Balaban J connectivity index is 1.54. The van der Waals surface area contributed by atoms with Gasteiger partial charge in [-0.2, -0.15) is 0 Å². The molecule has 7 heteroatoms. The molecule has 138 valence electrons. The fourth-order valence-corrected chi connectivity index (χ4v) is 2.57. The van der Waals surface area contributed by atoms with Gasteiger partial charge in [0, 0.05) is 5.56 Å². The van der Waals surface area contributed by atoms with E-state index in [1.54, 1.807) is 36.4 Å². The van der Waals surface area contributed by atoms with Gasteiger partial charge in [-0.3, -0.25) is 4.79 Å². The van der Waals surface area contributed by atoms with Gasteiger partial charge in [0.2, 0.25) is 0 Å². The molecular weight excluding hydrogens is 344 g/mol. The fourth-order valence-electron chi connectivity index (χ4n) is 2.57. The minimum absolute atomic E-state index is 0.226. The molecule has 0 spiro atoms. The molecule has 0 unspecified atom stereocenters. The van der Waals surface area contributed by atoms with Crippen LogP contribution >= 0.6 is 0 Å². The molecule has 0 radical (unpaired) electrons. The molecule has 3 aromatic rings. The molecule has 0 aliphatic rings. The maximum atomic E-state index is 12.2. The summed E-state index contributed by atoms with van der Waals surface area (Å²) in [5.74, 6) is -0.776. The topological polar surface area (TPSA) is 87.0 Å². The van der Waals surface area contributed by atoms with Crippen LogP contribution in [0.5, 0.6) is 0 Å². The molecule has 7 nitrogen and oxygen atoms in total. The first-order valence-electron chi connectivity index (χ1n) is 8.80.